The van der Waals surface area contributed by atoms with Crippen LogP contribution >= 0.6 is 0 Å². The van der Waals surface area contributed by atoms with Crippen LogP contribution in [0.3, 0.4) is 0 Å². The highest BCUT2D eigenvalue weighted by Crippen LogP contribution is 2.44. The second kappa shape index (κ2) is 9.10. The van der Waals surface area contributed by atoms with Gasteiger partial charge in [-0.25, -0.2) is 4.79 Å². The maximum atomic E-state index is 13.5. The normalized spacial score (nSPS) is 19.3. The lowest BCUT2D eigenvalue weighted by atomic mass is 9.93. The number of rotatable bonds is 6. The molecule has 0 saturated carbocycles. The summed E-state index contributed by atoms with van der Waals surface area (Å²) in [4.78, 5) is 39.1. The molecule has 180 valence electrons. The highest BCUT2D eigenvalue weighted by atomic mass is 16.6. The van der Waals surface area contributed by atoms with Gasteiger partial charge in [0.05, 0.1) is 6.61 Å². The summed E-state index contributed by atoms with van der Waals surface area (Å²) in [6, 6.07) is 16.1. The van der Waals surface area contributed by atoms with Crippen LogP contribution in [0.2, 0.25) is 0 Å². The molecule has 8 nitrogen and oxygen atoms in total. The molecule has 2 N–H and O–H groups in total. The van der Waals surface area contributed by atoms with Crippen molar-refractivity contribution in [1.82, 2.24) is 10.2 Å². The molecule has 1 fully saturated rings. The number of nitrogens with zero attached hydrogens (tertiary/aromatic N) is 1. The molecule has 0 aromatic heterocycles. The Balaban J connectivity index is 1.50. The number of carbonyl (C=O) groups is 3. The molecular weight excluding hydrogens is 436 g/mol. The first-order valence-corrected chi connectivity index (χ1v) is 11.4. The van der Waals surface area contributed by atoms with E-state index in [1.54, 1.807) is 20.8 Å². The second-order valence-electron chi connectivity index (χ2n) is 9.79. The Labute approximate surface area is 198 Å². The first-order chi connectivity index (χ1) is 16.1. The first-order valence-electron chi connectivity index (χ1n) is 11.4. The lowest BCUT2D eigenvalue weighted by Gasteiger charge is -2.40. The summed E-state index contributed by atoms with van der Waals surface area (Å²) in [6.07, 6.45) is -0.493. The molecule has 1 aliphatic carbocycles. The zero-order valence-corrected chi connectivity index (χ0v) is 19.7. The zero-order valence-electron chi connectivity index (χ0n) is 19.7. The van der Waals surface area contributed by atoms with Crippen LogP contribution in [0.5, 0.6) is 0 Å². The van der Waals surface area contributed by atoms with Gasteiger partial charge in [0.25, 0.3) is 5.91 Å². The number of amides is 2. The summed E-state index contributed by atoms with van der Waals surface area (Å²) in [5.41, 5.74) is 2.30. The quantitative estimate of drug-likeness (QED) is 0.676. The molecule has 34 heavy (non-hydrogen) atoms. The first kappa shape index (κ1) is 23.8. The van der Waals surface area contributed by atoms with E-state index in [0.717, 1.165) is 22.3 Å². The summed E-state index contributed by atoms with van der Waals surface area (Å²) in [5, 5.41) is 12.1. The summed E-state index contributed by atoms with van der Waals surface area (Å²) < 4.78 is 11.1. The Kier molecular flexibility index (Phi) is 6.36. The van der Waals surface area contributed by atoms with E-state index in [4.69, 9.17) is 9.47 Å². The molecule has 2 aliphatic rings. The van der Waals surface area contributed by atoms with Crippen molar-refractivity contribution < 1.29 is 29.0 Å². The van der Waals surface area contributed by atoms with E-state index in [2.05, 4.69) is 17.4 Å². The number of aliphatic carboxylic acids is 1. The van der Waals surface area contributed by atoms with E-state index in [1.807, 2.05) is 36.4 Å². The van der Waals surface area contributed by atoms with Crippen molar-refractivity contribution in [3.63, 3.8) is 0 Å². The van der Waals surface area contributed by atoms with Gasteiger partial charge in [0.2, 0.25) is 0 Å². The Hall–Kier alpha value is -3.39. The van der Waals surface area contributed by atoms with Gasteiger partial charge in [-0.3, -0.25) is 9.59 Å². The van der Waals surface area contributed by atoms with Crippen molar-refractivity contribution in [2.45, 2.75) is 44.2 Å². The van der Waals surface area contributed by atoms with Gasteiger partial charge in [-0.1, -0.05) is 48.5 Å². The lowest BCUT2D eigenvalue weighted by Crippen LogP contribution is -2.64. The van der Waals surface area contributed by atoms with Gasteiger partial charge < -0.3 is 24.8 Å². The van der Waals surface area contributed by atoms with Crippen molar-refractivity contribution in [1.29, 1.82) is 0 Å². The Morgan fingerprint density at radius 2 is 1.68 bits per heavy atom. The van der Waals surface area contributed by atoms with Gasteiger partial charge in [-0.05, 0) is 43.0 Å². The van der Waals surface area contributed by atoms with Crippen LogP contribution in [0.1, 0.15) is 44.2 Å². The van der Waals surface area contributed by atoms with Crippen LogP contribution in [0, 0.1) is 0 Å². The van der Waals surface area contributed by atoms with E-state index in [9.17, 15) is 19.5 Å². The van der Waals surface area contributed by atoms with Crippen molar-refractivity contribution in [2.75, 3.05) is 26.4 Å². The zero-order chi connectivity index (χ0) is 24.5. The van der Waals surface area contributed by atoms with E-state index < -0.39 is 35.6 Å². The van der Waals surface area contributed by atoms with Crippen molar-refractivity contribution >= 4 is 18.0 Å². The van der Waals surface area contributed by atoms with Gasteiger partial charge in [0.1, 0.15) is 18.7 Å². The number of benzene rings is 2. The highest BCUT2D eigenvalue weighted by molar-refractivity contribution is 5.93. The fourth-order valence-corrected chi connectivity index (χ4v) is 4.72. The molecule has 4 rings (SSSR count). The van der Waals surface area contributed by atoms with E-state index in [1.165, 1.54) is 4.90 Å². The smallest absolute Gasteiger partial charge is 0.408 e. The maximum Gasteiger partial charge on any atom is 0.408 e. The molecule has 1 heterocycles. The van der Waals surface area contributed by atoms with Gasteiger partial charge in [-0.2, -0.15) is 0 Å². The third-order valence-electron chi connectivity index (χ3n) is 6.46. The average molecular weight is 467 g/mol. The van der Waals surface area contributed by atoms with Crippen molar-refractivity contribution in [3.05, 3.63) is 59.7 Å². The molecule has 1 aliphatic heterocycles. The molecular formula is C26H30N2O6. The molecule has 2 aromatic rings. The number of hydrogen-bond donors (Lipinski definition) is 2. The van der Waals surface area contributed by atoms with Crippen molar-refractivity contribution in [2.24, 2.45) is 0 Å². The van der Waals surface area contributed by atoms with E-state index in [-0.39, 0.29) is 32.2 Å². The van der Waals surface area contributed by atoms with Gasteiger partial charge in [-0.15, -0.1) is 0 Å². The van der Waals surface area contributed by atoms with Gasteiger partial charge in [0, 0.05) is 24.5 Å². The van der Waals surface area contributed by atoms with Crippen LogP contribution in [0.25, 0.3) is 11.1 Å². The van der Waals surface area contributed by atoms with E-state index >= 15 is 0 Å². The molecule has 0 radical (unpaired) electrons. The molecule has 8 heteroatoms. The van der Waals surface area contributed by atoms with Crippen LogP contribution in [-0.4, -0.2) is 65.4 Å². The van der Waals surface area contributed by atoms with Crippen molar-refractivity contribution in [3.8, 4) is 11.1 Å². The van der Waals surface area contributed by atoms with Gasteiger partial charge >= 0.3 is 12.1 Å². The number of carboxylic acid groups (broad SMARTS) is 1. The summed E-state index contributed by atoms with van der Waals surface area (Å²) in [5.74, 6) is -1.73. The number of carbonyl (C=O) groups excluding carboxylic acids is 2. The highest BCUT2D eigenvalue weighted by Gasteiger charge is 2.49. The fraction of sp³-hybridized carbons (Fsp3) is 0.423. The number of hydrogen-bond acceptors (Lipinski definition) is 5. The molecule has 2 aromatic carbocycles. The minimum Gasteiger partial charge on any atom is -0.480 e. The number of ether oxygens (including phenoxy) is 2. The molecule has 2 amide bonds. The Bertz CT molecular complexity index is 1050. The molecule has 1 atom stereocenters. The van der Waals surface area contributed by atoms with Crippen LogP contribution < -0.4 is 5.32 Å². The molecule has 1 saturated heterocycles. The second-order valence-corrected chi connectivity index (χ2v) is 9.79. The fourth-order valence-electron chi connectivity index (χ4n) is 4.72. The lowest BCUT2D eigenvalue weighted by molar-refractivity contribution is -0.152. The Morgan fingerprint density at radius 1 is 1.09 bits per heavy atom. The van der Waals surface area contributed by atoms with Crippen LogP contribution in [0.15, 0.2) is 48.5 Å². The predicted molar refractivity (Wildman–Crippen MR) is 125 cm³/mol. The maximum absolute atomic E-state index is 13.5. The minimum atomic E-state index is -1.37. The van der Waals surface area contributed by atoms with Gasteiger partial charge in [0.15, 0.2) is 0 Å². The largest absolute Gasteiger partial charge is 0.480 e. The monoisotopic (exact) mass is 466 g/mol. The number of alkyl carbamates (subject to hydrolysis) is 1. The number of fused-ring (bicyclic) bond motifs is 3. The predicted octanol–water partition coefficient (Wildman–Crippen LogP) is 3.40. The topological polar surface area (TPSA) is 105 Å². The minimum absolute atomic E-state index is 0.0395. The summed E-state index contributed by atoms with van der Waals surface area (Å²) in [7, 11) is 0. The third-order valence-corrected chi connectivity index (χ3v) is 6.46. The molecule has 0 bridgehead atoms. The Morgan fingerprint density at radius 3 is 2.18 bits per heavy atom. The molecule has 0 spiro atoms. The summed E-state index contributed by atoms with van der Waals surface area (Å²) >= 11 is 0. The SMILES string of the molecule is CC(C)(C)N(CC(=O)O)C(=O)C1(NC(=O)OCC2c3ccccc3-c3ccccc32)CCOC1. The average Bonchev–Trinajstić information content (AvgIpc) is 3.38. The van der Waals surface area contributed by atoms with Crippen LogP contribution in [0.4, 0.5) is 4.79 Å². The standard InChI is InChI=1S/C26H30N2O6/c1-25(2,3)28(14-22(29)30)23(31)26(12-13-33-16-26)27-24(32)34-15-21-19-10-6-4-8-17(19)18-9-5-7-11-20(18)21/h4-11,21H,12-16H2,1-3H3,(H,27,32)(H,29,30). The van der Waals surface area contributed by atoms with Crippen LogP contribution in [-0.2, 0) is 19.1 Å². The van der Waals surface area contributed by atoms with E-state index in [0.29, 0.717) is 0 Å². The molecule has 1 unspecified atom stereocenters. The number of nitrogens with one attached hydrogen (secondary N) is 1. The number of carboxylic acids is 1. The third kappa shape index (κ3) is 4.50. The summed E-state index contributed by atoms with van der Waals surface area (Å²) in [6.45, 7) is 5.14.